The van der Waals surface area contributed by atoms with Gasteiger partial charge in [-0.15, -0.1) is 0 Å². The molecule has 8 heteroatoms. The fourth-order valence-corrected chi connectivity index (χ4v) is 2.83. The summed E-state index contributed by atoms with van der Waals surface area (Å²) in [6, 6.07) is 8.59. The van der Waals surface area contributed by atoms with E-state index in [9.17, 15) is 22.4 Å². The van der Waals surface area contributed by atoms with Gasteiger partial charge in [0.25, 0.3) is 0 Å². The van der Waals surface area contributed by atoms with Crippen LogP contribution in [0, 0.1) is 19.7 Å². The van der Waals surface area contributed by atoms with Gasteiger partial charge in [0.1, 0.15) is 11.5 Å². The number of alkyl halides is 3. The number of hydrogen-bond acceptors (Lipinski definition) is 2. The van der Waals surface area contributed by atoms with Crippen LogP contribution in [0.3, 0.4) is 0 Å². The van der Waals surface area contributed by atoms with Crippen molar-refractivity contribution in [1.29, 1.82) is 0 Å². The molecule has 0 atom stereocenters. The second kappa shape index (κ2) is 6.86. The lowest BCUT2D eigenvalue weighted by Gasteiger charge is -2.09. The van der Waals surface area contributed by atoms with E-state index in [1.165, 1.54) is 18.2 Å². The van der Waals surface area contributed by atoms with Crippen LogP contribution in [-0.2, 0) is 6.18 Å². The van der Waals surface area contributed by atoms with E-state index in [4.69, 9.17) is 0 Å². The lowest BCUT2D eigenvalue weighted by Crippen LogP contribution is -2.19. The lowest BCUT2D eigenvalue weighted by molar-refractivity contribution is -0.141. The average Bonchev–Trinajstić information content (AvgIpc) is 2.87. The van der Waals surface area contributed by atoms with Crippen molar-refractivity contribution in [3.05, 3.63) is 81.0 Å². The highest BCUT2D eigenvalue weighted by Crippen LogP contribution is 2.27. The van der Waals surface area contributed by atoms with Gasteiger partial charge in [-0.1, -0.05) is 6.08 Å². The molecular weight excluding hydrogens is 362 g/mol. The van der Waals surface area contributed by atoms with Crippen LogP contribution in [0.2, 0.25) is 0 Å². The maximum Gasteiger partial charge on any atom is 0.431 e. The van der Waals surface area contributed by atoms with Gasteiger partial charge in [-0.25, -0.2) is 9.18 Å². The van der Waals surface area contributed by atoms with Crippen molar-refractivity contribution >= 4 is 12.2 Å². The Balaban J connectivity index is 1.98. The van der Waals surface area contributed by atoms with Crippen molar-refractivity contribution in [2.45, 2.75) is 20.0 Å². The standard InChI is InChI=1S/C19H15F4N3O/c1-11-9-13(12(2)26(11)16-7-4-14(20)5-8-16)3-6-15-10-17(19(21,22)23)25-18(27)24-15/h3-10H,1-2H3,(H,24,25,27)/b6-3+. The third-order valence-corrected chi connectivity index (χ3v) is 4.06. The van der Waals surface area contributed by atoms with Crippen molar-refractivity contribution in [3.63, 3.8) is 0 Å². The lowest BCUT2D eigenvalue weighted by atomic mass is 10.2. The van der Waals surface area contributed by atoms with Crippen LogP contribution < -0.4 is 5.69 Å². The van der Waals surface area contributed by atoms with E-state index in [-0.39, 0.29) is 11.5 Å². The molecule has 3 aromatic rings. The van der Waals surface area contributed by atoms with Crippen LogP contribution in [-0.4, -0.2) is 14.5 Å². The molecule has 140 valence electrons. The Bertz CT molecular complexity index is 1060. The van der Waals surface area contributed by atoms with E-state index in [1.807, 2.05) is 24.5 Å². The van der Waals surface area contributed by atoms with Crippen molar-refractivity contribution in [2.75, 3.05) is 0 Å². The van der Waals surface area contributed by atoms with Gasteiger partial charge >= 0.3 is 11.9 Å². The molecule has 27 heavy (non-hydrogen) atoms. The number of aromatic nitrogens is 3. The normalized spacial score (nSPS) is 12.1. The van der Waals surface area contributed by atoms with Crippen LogP contribution in [0.1, 0.15) is 28.3 Å². The smallest absolute Gasteiger partial charge is 0.318 e. The molecule has 4 nitrogen and oxygen atoms in total. The second-order valence-corrected chi connectivity index (χ2v) is 5.99. The largest absolute Gasteiger partial charge is 0.431 e. The molecule has 0 radical (unpaired) electrons. The molecule has 0 bridgehead atoms. The molecule has 3 rings (SSSR count). The zero-order valence-corrected chi connectivity index (χ0v) is 14.4. The molecule has 0 spiro atoms. The summed E-state index contributed by atoms with van der Waals surface area (Å²) in [4.78, 5) is 16.6. The molecule has 1 aromatic carbocycles. The van der Waals surface area contributed by atoms with Gasteiger partial charge in [0.15, 0.2) is 0 Å². The minimum atomic E-state index is -4.66. The number of benzene rings is 1. The SMILES string of the molecule is Cc1cc(/C=C/c2cc(C(F)(F)F)[nH]c(=O)n2)c(C)n1-c1ccc(F)cc1. The molecule has 0 saturated carbocycles. The Kier molecular flexibility index (Phi) is 4.73. The minimum absolute atomic E-state index is 0.0994. The summed E-state index contributed by atoms with van der Waals surface area (Å²) in [5.74, 6) is -0.345. The average molecular weight is 377 g/mol. The van der Waals surface area contributed by atoms with Gasteiger partial charge in [-0.3, -0.25) is 0 Å². The van der Waals surface area contributed by atoms with E-state index in [1.54, 1.807) is 23.2 Å². The van der Waals surface area contributed by atoms with Gasteiger partial charge in [0.05, 0.1) is 5.69 Å². The molecule has 0 saturated heterocycles. The molecule has 2 aromatic heterocycles. The zero-order valence-electron chi connectivity index (χ0n) is 14.4. The van der Waals surface area contributed by atoms with Gasteiger partial charge in [0.2, 0.25) is 0 Å². The summed E-state index contributed by atoms with van der Waals surface area (Å²) in [6.07, 6.45) is -1.73. The molecule has 0 unspecified atom stereocenters. The monoisotopic (exact) mass is 377 g/mol. The summed E-state index contributed by atoms with van der Waals surface area (Å²) in [7, 11) is 0. The highest BCUT2D eigenvalue weighted by Gasteiger charge is 2.32. The predicted octanol–water partition coefficient (Wildman–Crippen LogP) is 4.51. The van der Waals surface area contributed by atoms with Crippen molar-refractivity contribution in [2.24, 2.45) is 0 Å². The number of H-pyrrole nitrogens is 1. The van der Waals surface area contributed by atoms with E-state index < -0.39 is 17.6 Å². The Morgan fingerprint density at radius 1 is 1.07 bits per heavy atom. The van der Waals surface area contributed by atoms with Crippen LogP contribution in [0.4, 0.5) is 17.6 Å². The summed E-state index contributed by atoms with van der Waals surface area (Å²) in [5, 5.41) is 0. The zero-order chi connectivity index (χ0) is 19.8. The number of nitrogens with one attached hydrogen (secondary N) is 1. The first kappa shape index (κ1) is 18.6. The Morgan fingerprint density at radius 2 is 1.74 bits per heavy atom. The Hall–Kier alpha value is -3.16. The maximum absolute atomic E-state index is 13.1. The minimum Gasteiger partial charge on any atom is -0.318 e. The summed E-state index contributed by atoms with van der Waals surface area (Å²) in [5.41, 5.74) is 0.870. The van der Waals surface area contributed by atoms with Crippen molar-refractivity contribution in [1.82, 2.24) is 14.5 Å². The van der Waals surface area contributed by atoms with Gasteiger partial charge < -0.3 is 9.55 Å². The fraction of sp³-hybridized carbons (Fsp3) is 0.158. The third-order valence-electron chi connectivity index (χ3n) is 4.06. The number of aromatic amines is 1. The third kappa shape index (κ3) is 3.99. The van der Waals surface area contributed by atoms with Gasteiger partial charge in [-0.05, 0) is 61.9 Å². The van der Waals surface area contributed by atoms with E-state index >= 15 is 0 Å². The van der Waals surface area contributed by atoms with E-state index in [0.717, 1.165) is 28.7 Å². The number of aryl methyl sites for hydroxylation is 1. The topological polar surface area (TPSA) is 50.7 Å². The quantitative estimate of drug-likeness (QED) is 0.683. The number of rotatable bonds is 3. The van der Waals surface area contributed by atoms with Crippen LogP contribution in [0.25, 0.3) is 17.8 Å². The van der Waals surface area contributed by atoms with Crippen LogP contribution >= 0.6 is 0 Å². The van der Waals surface area contributed by atoms with E-state index in [0.29, 0.717) is 0 Å². The number of hydrogen-bond donors (Lipinski definition) is 1. The molecule has 0 amide bonds. The van der Waals surface area contributed by atoms with Crippen molar-refractivity contribution < 1.29 is 17.6 Å². The second-order valence-electron chi connectivity index (χ2n) is 5.99. The first-order valence-electron chi connectivity index (χ1n) is 7.96. The molecule has 0 aliphatic heterocycles. The first-order valence-corrected chi connectivity index (χ1v) is 7.96. The Labute approximate surface area is 151 Å². The van der Waals surface area contributed by atoms with Crippen LogP contribution in [0.15, 0.2) is 41.2 Å². The molecule has 2 heterocycles. The predicted molar refractivity (Wildman–Crippen MR) is 94.0 cm³/mol. The molecule has 0 aliphatic rings. The molecular formula is C19H15F4N3O. The summed E-state index contributed by atoms with van der Waals surface area (Å²) >= 11 is 0. The Morgan fingerprint density at radius 3 is 2.37 bits per heavy atom. The fourth-order valence-electron chi connectivity index (χ4n) is 2.83. The first-order chi connectivity index (χ1) is 12.6. The maximum atomic E-state index is 13.1. The number of nitrogens with zero attached hydrogens (tertiary/aromatic N) is 2. The molecule has 1 N–H and O–H groups in total. The molecule has 0 fully saturated rings. The highest BCUT2D eigenvalue weighted by atomic mass is 19.4. The summed E-state index contributed by atoms with van der Waals surface area (Å²) < 4.78 is 53.4. The molecule has 0 aliphatic carbocycles. The van der Waals surface area contributed by atoms with Gasteiger partial charge in [-0.2, -0.15) is 18.2 Å². The van der Waals surface area contributed by atoms with Gasteiger partial charge in [0, 0.05) is 17.1 Å². The summed E-state index contributed by atoms with van der Waals surface area (Å²) in [6.45, 7) is 3.70. The highest BCUT2D eigenvalue weighted by molar-refractivity contribution is 5.70. The van der Waals surface area contributed by atoms with Crippen LogP contribution in [0.5, 0.6) is 0 Å². The van der Waals surface area contributed by atoms with Crippen molar-refractivity contribution in [3.8, 4) is 5.69 Å². The van der Waals surface area contributed by atoms with E-state index in [2.05, 4.69) is 4.98 Å². The number of halogens is 4.